The van der Waals surface area contributed by atoms with Crippen molar-refractivity contribution in [2.45, 2.75) is 18.8 Å². The maximum absolute atomic E-state index is 13.9. The molecule has 1 saturated heterocycles. The second-order valence-corrected chi connectivity index (χ2v) is 11.2. The quantitative estimate of drug-likeness (QED) is 0.283. The van der Waals surface area contributed by atoms with Gasteiger partial charge < -0.3 is 5.11 Å². The molecule has 38 heavy (non-hydrogen) atoms. The number of phenols is 1. The first-order valence-electron chi connectivity index (χ1n) is 12.2. The topological polar surface area (TPSA) is 91.8 Å². The minimum atomic E-state index is -0.679. The summed E-state index contributed by atoms with van der Waals surface area (Å²) in [5.41, 5.74) is 3.39. The predicted molar refractivity (Wildman–Crippen MR) is 147 cm³/mol. The van der Waals surface area contributed by atoms with E-state index in [4.69, 9.17) is 11.6 Å². The second kappa shape index (κ2) is 9.03. The van der Waals surface area contributed by atoms with Gasteiger partial charge in [-0.05, 0) is 70.1 Å². The Morgan fingerprint density at radius 1 is 1.03 bits per heavy atom. The molecule has 190 valence electrons. The van der Waals surface area contributed by atoms with Crippen LogP contribution in [0.15, 0.2) is 82.4 Å². The van der Waals surface area contributed by atoms with Gasteiger partial charge in [-0.3, -0.25) is 24.1 Å². The van der Waals surface area contributed by atoms with Crippen molar-refractivity contribution in [3.8, 4) is 5.75 Å². The summed E-state index contributed by atoms with van der Waals surface area (Å²) in [5.74, 6) is -3.61. The molecule has 0 radical (unpaired) electrons. The Hall–Kier alpha value is -3.55. The molecule has 2 aromatic carbocycles. The Bertz CT molecular complexity index is 1570. The van der Waals surface area contributed by atoms with Gasteiger partial charge in [0.2, 0.25) is 11.8 Å². The van der Waals surface area contributed by atoms with Crippen molar-refractivity contribution in [3.05, 3.63) is 98.5 Å². The van der Waals surface area contributed by atoms with Gasteiger partial charge in [0.15, 0.2) is 11.6 Å². The van der Waals surface area contributed by atoms with Gasteiger partial charge in [0, 0.05) is 28.2 Å². The number of imide groups is 1. The van der Waals surface area contributed by atoms with E-state index in [1.807, 2.05) is 6.08 Å². The number of hydrogen-bond acceptors (Lipinski definition) is 5. The molecule has 3 aliphatic carbocycles. The molecule has 1 fully saturated rings. The average molecular weight is 591 g/mol. The van der Waals surface area contributed by atoms with Crippen molar-refractivity contribution in [3.63, 3.8) is 0 Å². The fourth-order valence-corrected chi connectivity index (χ4v) is 7.06. The predicted octanol–water partition coefficient (Wildman–Crippen LogP) is 5.66. The summed E-state index contributed by atoms with van der Waals surface area (Å²) in [7, 11) is 0. The number of allylic oxidation sites excluding steroid dienone is 6. The van der Waals surface area contributed by atoms with Crippen molar-refractivity contribution >= 4 is 62.7 Å². The number of benzene rings is 2. The summed E-state index contributed by atoms with van der Waals surface area (Å²) in [6.45, 7) is 3.74. The second-order valence-electron chi connectivity index (χ2n) is 9.91. The Labute approximate surface area is 232 Å². The summed E-state index contributed by atoms with van der Waals surface area (Å²) in [5, 5.41) is 10.2. The van der Waals surface area contributed by atoms with Gasteiger partial charge in [0.25, 0.3) is 0 Å². The van der Waals surface area contributed by atoms with Crippen LogP contribution in [-0.4, -0.2) is 28.5 Å². The first-order chi connectivity index (χ1) is 18.2. The molecule has 6 nitrogen and oxygen atoms in total. The number of nitrogens with zero attached hydrogens (tertiary/aromatic N) is 1. The van der Waals surface area contributed by atoms with Crippen molar-refractivity contribution in [1.29, 1.82) is 0 Å². The normalized spacial score (nSPS) is 26.5. The van der Waals surface area contributed by atoms with Gasteiger partial charge in [-0.25, -0.2) is 0 Å². The molecule has 1 N–H and O–H groups in total. The van der Waals surface area contributed by atoms with Crippen molar-refractivity contribution in [2.75, 3.05) is 4.90 Å². The summed E-state index contributed by atoms with van der Waals surface area (Å²) in [6, 6.07) is 11.6. The summed E-state index contributed by atoms with van der Waals surface area (Å²) >= 11 is 9.78. The number of anilines is 1. The molecule has 0 bridgehead atoms. The van der Waals surface area contributed by atoms with Crippen LogP contribution in [0.2, 0.25) is 5.02 Å². The number of aromatic hydroxyl groups is 1. The number of Topliss-reactive ketones (excluding diaryl/α,β-unsaturated/α-hetero) is 1. The Morgan fingerprint density at radius 3 is 2.45 bits per heavy atom. The number of carbonyl (C=O) groups excluding carboxylic acids is 4. The van der Waals surface area contributed by atoms with Crippen molar-refractivity contribution in [1.82, 2.24) is 0 Å². The lowest BCUT2D eigenvalue weighted by Gasteiger charge is -2.42. The monoisotopic (exact) mass is 589 g/mol. The molecule has 1 aliphatic heterocycles. The SMILES string of the molecule is C=Cc1ccc(N2C(=O)C3CC=C4C(c5ccc(O)cc5Cl)C5=C(CC4C3C2=O)C(=O)C(Br)=CC5=O)cc1. The fraction of sp³-hybridized carbons (Fsp3) is 0.200. The van der Waals surface area contributed by atoms with E-state index in [0.717, 1.165) is 11.1 Å². The molecule has 4 unspecified atom stereocenters. The number of amides is 2. The Kier molecular flexibility index (Phi) is 5.89. The number of fused-ring (bicyclic) bond motifs is 3. The molecular formula is C30H21BrClNO5. The molecule has 4 aliphatic rings. The molecule has 0 spiro atoms. The van der Waals surface area contributed by atoms with Gasteiger partial charge in [0.1, 0.15) is 5.75 Å². The van der Waals surface area contributed by atoms with Crippen molar-refractivity contribution in [2.24, 2.45) is 17.8 Å². The van der Waals surface area contributed by atoms with Crippen LogP contribution in [0.1, 0.15) is 29.9 Å². The smallest absolute Gasteiger partial charge is 0.238 e. The Morgan fingerprint density at radius 2 is 1.76 bits per heavy atom. The highest BCUT2D eigenvalue weighted by Crippen LogP contribution is 2.56. The van der Waals surface area contributed by atoms with Crippen LogP contribution < -0.4 is 4.90 Å². The minimum Gasteiger partial charge on any atom is -0.508 e. The lowest BCUT2D eigenvalue weighted by atomic mass is 9.59. The fourth-order valence-electron chi connectivity index (χ4n) is 6.33. The third-order valence-corrected chi connectivity index (χ3v) is 8.93. The number of phenolic OH excluding ortho intramolecular Hbond substituents is 1. The van der Waals surface area contributed by atoms with E-state index in [0.29, 0.717) is 28.8 Å². The summed E-state index contributed by atoms with van der Waals surface area (Å²) in [4.78, 5) is 55.2. The zero-order chi connectivity index (χ0) is 26.9. The van der Waals surface area contributed by atoms with Crippen LogP contribution in [0, 0.1) is 17.8 Å². The highest BCUT2D eigenvalue weighted by atomic mass is 79.9. The molecule has 1 heterocycles. The highest BCUT2D eigenvalue weighted by molar-refractivity contribution is 9.12. The van der Waals surface area contributed by atoms with Crippen LogP contribution in [0.25, 0.3) is 6.08 Å². The summed E-state index contributed by atoms with van der Waals surface area (Å²) < 4.78 is 0.161. The number of halogens is 2. The number of carbonyl (C=O) groups is 4. The zero-order valence-electron chi connectivity index (χ0n) is 20.0. The van der Waals surface area contributed by atoms with E-state index in [2.05, 4.69) is 22.5 Å². The van der Waals surface area contributed by atoms with Crippen molar-refractivity contribution < 1.29 is 24.3 Å². The third kappa shape index (κ3) is 3.60. The van der Waals surface area contributed by atoms with Gasteiger partial charge in [0.05, 0.1) is 22.0 Å². The zero-order valence-corrected chi connectivity index (χ0v) is 22.3. The Balaban J connectivity index is 1.48. The van der Waals surface area contributed by atoms with E-state index >= 15 is 0 Å². The highest BCUT2D eigenvalue weighted by Gasteiger charge is 2.56. The molecule has 4 atom stereocenters. The number of ketones is 2. The lowest BCUT2D eigenvalue weighted by molar-refractivity contribution is -0.123. The lowest BCUT2D eigenvalue weighted by Crippen LogP contribution is -2.39. The molecule has 6 rings (SSSR count). The maximum Gasteiger partial charge on any atom is 0.238 e. The van der Waals surface area contributed by atoms with E-state index < -0.39 is 23.7 Å². The van der Waals surface area contributed by atoms with Gasteiger partial charge >= 0.3 is 0 Å². The number of hydrogen-bond donors (Lipinski definition) is 1. The molecule has 2 amide bonds. The maximum atomic E-state index is 13.9. The van der Waals surface area contributed by atoms with Gasteiger partial charge in [-0.15, -0.1) is 0 Å². The largest absolute Gasteiger partial charge is 0.508 e. The molecule has 0 aromatic heterocycles. The first kappa shape index (κ1) is 24.8. The van der Waals surface area contributed by atoms with Crippen LogP contribution in [0.4, 0.5) is 5.69 Å². The van der Waals surface area contributed by atoms with E-state index in [1.54, 1.807) is 36.4 Å². The average Bonchev–Trinajstić information content (AvgIpc) is 3.16. The first-order valence-corrected chi connectivity index (χ1v) is 13.4. The van der Waals surface area contributed by atoms with E-state index in [9.17, 15) is 24.3 Å². The third-order valence-electron chi connectivity index (χ3n) is 8.01. The van der Waals surface area contributed by atoms with Crippen LogP contribution in [-0.2, 0) is 19.2 Å². The molecule has 2 aromatic rings. The van der Waals surface area contributed by atoms with Crippen LogP contribution >= 0.6 is 27.5 Å². The summed E-state index contributed by atoms with van der Waals surface area (Å²) in [6.07, 6.45) is 5.39. The molecule has 8 heteroatoms. The molecular weight excluding hydrogens is 570 g/mol. The number of rotatable bonds is 3. The van der Waals surface area contributed by atoms with Gasteiger partial charge in [-0.1, -0.05) is 54.1 Å². The van der Waals surface area contributed by atoms with E-state index in [1.165, 1.54) is 23.1 Å². The van der Waals surface area contributed by atoms with Crippen LogP contribution in [0.5, 0.6) is 5.75 Å². The van der Waals surface area contributed by atoms with E-state index in [-0.39, 0.29) is 45.1 Å². The minimum absolute atomic E-state index is 0.0265. The molecule has 0 saturated carbocycles. The van der Waals surface area contributed by atoms with Gasteiger partial charge in [-0.2, -0.15) is 0 Å². The van der Waals surface area contributed by atoms with Crippen LogP contribution in [0.3, 0.4) is 0 Å². The standard InChI is InChI=1S/C30H21BrClNO5/c1-2-14-3-5-15(6-4-14)33-29(37)19-10-9-17-20(26(19)30(33)38)12-21-27(24(35)13-22(31)28(21)36)25(17)18-8-7-16(34)11-23(18)32/h2-9,11,13,19-20,25-26,34H,1,10,12H2.